The predicted octanol–water partition coefficient (Wildman–Crippen LogP) is 2.25. The number of rotatable bonds is 6. The van der Waals surface area contributed by atoms with Crippen LogP contribution in [0.2, 0.25) is 0 Å². The molecule has 3 aromatic rings. The molecule has 4 rings (SSSR count). The fourth-order valence-electron chi connectivity index (χ4n) is 4.03. The molecule has 0 aliphatic carbocycles. The van der Waals surface area contributed by atoms with Crippen molar-refractivity contribution >= 4 is 16.9 Å². The van der Waals surface area contributed by atoms with Gasteiger partial charge in [0.25, 0.3) is 5.91 Å². The number of amides is 1. The van der Waals surface area contributed by atoms with Gasteiger partial charge in [0, 0.05) is 42.0 Å². The van der Waals surface area contributed by atoms with Crippen molar-refractivity contribution in [3.8, 4) is 5.75 Å². The molecule has 1 fully saturated rings. The molecule has 8 nitrogen and oxygen atoms in total. The summed E-state index contributed by atoms with van der Waals surface area (Å²) in [6, 6.07) is 5.28. The van der Waals surface area contributed by atoms with Crippen LogP contribution in [0.5, 0.6) is 5.75 Å². The lowest BCUT2D eigenvalue weighted by atomic mass is 9.72. The summed E-state index contributed by atoms with van der Waals surface area (Å²) in [5, 5.41) is 11.0. The summed E-state index contributed by atoms with van der Waals surface area (Å²) >= 11 is 0. The number of aryl methyl sites for hydroxylation is 1. The summed E-state index contributed by atoms with van der Waals surface area (Å²) in [4.78, 5) is 20.6. The number of aliphatic hydroxyl groups excluding tert-OH is 1. The zero-order chi connectivity index (χ0) is 20.4. The third-order valence-electron chi connectivity index (χ3n) is 5.50. The molecule has 0 spiro atoms. The van der Waals surface area contributed by atoms with Crippen LogP contribution in [-0.4, -0.2) is 40.8 Å². The maximum Gasteiger partial charge on any atom is 0.252 e. The van der Waals surface area contributed by atoms with E-state index in [-0.39, 0.29) is 13.2 Å². The Balaban J connectivity index is 1.90. The van der Waals surface area contributed by atoms with Gasteiger partial charge in [0.1, 0.15) is 23.7 Å². The minimum absolute atomic E-state index is 0.115. The summed E-state index contributed by atoms with van der Waals surface area (Å²) in [6.45, 7) is 2.75. The number of aromatic nitrogens is 2. The number of primary amides is 1. The van der Waals surface area contributed by atoms with Gasteiger partial charge in [0.2, 0.25) is 0 Å². The smallest absolute Gasteiger partial charge is 0.252 e. The molecule has 29 heavy (non-hydrogen) atoms. The predicted molar refractivity (Wildman–Crippen MR) is 105 cm³/mol. The Labute approximate surface area is 167 Å². The van der Waals surface area contributed by atoms with Crippen molar-refractivity contribution < 1.29 is 23.8 Å². The van der Waals surface area contributed by atoms with Crippen LogP contribution in [0, 0.1) is 6.92 Å². The number of carbonyl (C=O) groups is 1. The number of carbonyl (C=O) groups excluding carboxylic acids is 1. The zero-order valence-corrected chi connectivity index (χ0v) is 16.2. The highest BCUT2D eigenvalue weighted by Crippen LogP contribution is 2.46. The van der Waals surface area contributed by atoms with E-state index in [9.17, 15) is 9.90 Å². The Bertz CT molecular complexity index is 1030. The molecular formula is C21H23N3O5. The van der Waals surface area contributed by atoms with Crippen molar-refractivity contribution in [2.45, 2.75) is 31.8 Å². The first-order valence-electron chi connectivity index (χ1n) is 9.49. The van der Waals surface area contributed by atoms with E-state index < -0.39 is 11.3 Å². The van der Waals surface area contributed by atoms with Crippen LogP contribution in [0.1, 0.15) is 40.3 Å². The minimum Gasteiger partial charge on any atom is -0.485 e. The van der Waals surface area contributed by atoms with E-state index >= 15 is 0 Å². The molecule has 2 aromatic heterocycles. The third-order valence-corrected chi connectivity index (χ3v) is 5.50. The molecule has 1 aromatic carbocycles. The van der Waals surface area contributed by atoms with Gasteiger partial charge in [0.15, 0.2) is 5.82 Å². The van der Waals surface area contributed by atoms with Crippen LogP contribution in [0.15, 0.2) is 35.0 Å². The highest BCUT2D eigenvalue weighted by atomic mass is 16.5. The second-order valence-electron chi connectivity index (χ2n) is 7.21. The molecule has 0 atom stereocenters. The fraction of sp³-hybridized carbons (Fsp3) is 0.381. The summed E-state index contributed by atoms with van der Waals surface area (Å²) in [5.41, 5.74) is 6.62. The van der Waals surface area contributed by atoms with E-state index in [0.717, 1.165) is 5.56 Å². The highest BCUT2D eigenvalue weighted by molar-refractivity contribution is 6.08. The lowest BCUT2D eigenvalue weighted by Gasteiger charge is -2.37. The molecule has 1 aliphatic heterocycles. The van der Waals surface area contributed by atoms with Gasteiger partial charge in [-0.25, -0.2) is 9.97 Å². The van der Waals surface area contributed by atoms with E-state index in [0.29, 0.717) is 59.9 Å². The van der Waals surface area contributed by atoms with Crippen LogP contribution >= 0.6 is 0 Å². The number of furan rings is 1. The van der Waals surface area contributed by atoms with Crippen molar-refractivity contribution in [2.75, 3.05) is 19.8 Å². The van der Waals surface area contributed by atoms with Crippen molar-refractivity contribution in [3.05, 3.63) is 53.3 Å². The molecule has 0 radical (unpaired) electrons. The Kier molecular flexibility index (Phi) is 5.21. The molecule has 8 heteroatoms. The van der Waals surface area contributed by atoms with Crippen molar-refractivity contribution in [1.29, 1.82) is 0 Å². The first-order chi connectivity index (χ1) is 14.1. The maximum absolute atomic E-state index is 12.2. The SMILES string of the molecule is Cc1oc2ccc(OCc3ncccn3)c(C3(CO)CCOCC3)c2c1C(N)=O. The largest absolute Gasteiger partial charge is 0.485 e. The Morgan fingerprint density at radius 1 is 1.28 bits per heavy atom. The average molecular weight is 397 g/mol. The average Bonchev–Trinajstić information content (AvgIpc) is 3.09. The van der Waals surface area contributed by atoms with Gasteiger partial charge in [-0.1, -0.05) is 0 Å². The highest BCUT2D eigenvalue weighted by Gasteiger charge is 2.40. The van der Waals surface area contributed by atoms with Crippen LogP contribution in [0.3, 0.4) is 0 Å². The van der Waals surface area contributed by atoms with Gasteiger partial charge in [-0.3, -0.25) is 4.79 Å². The van der Waals surface area contributed by atoms with E-state index in [1.165, 1.54) is 0 Å². The third kappa shape index (κ3) is 3.45. The zero-order valence-electron chi connectivity index (χ0n) is 16.2. The van der Waals surface area contributed by atoms with Crippen LogP contribution in [0.4, 0.5) is 0 Å². The van der Waals surface area contributed by atoms with E-state index in [1.54, 1.807) is 37.5 Å². The second-order valence-corrected chi connectivity index (χ2v) is 7.21. The number of fused-ring (bicyclic) bond motifs is 1. The number of hydrogen-bond donors (Lipinski definition) is 2. The van der Waals surface area contributed by atoms with Gasteiger partial charge >= 0.3 is 0 Å². The number of aliphatic hydroxyl groups is 1. The summed E-state index contributed by atoms with van der Waals surface area (Å²) in [6.07, 6.45) is 4.47. The van der Waals surface area contributed by atoms with Crippen LogP contribution in [0.25, 0.3) is 11.0 Å². The molecule has 0 bridgehead atoms. The number of nitrogens with zero attached hydrogens (tertiary/aromatic N) is 2. The minimum atomic E-state index is -0.634. The number of hydrogen-bond acceptors (Lipinski definition) is 7. The standard InChI is InChI=1S/C21H23N3O5/c1-13-17(20(22)26)18-14(29-13)3-4-15(28-11-16-23-7-2-8-24-16)19(18)21(12-25)5-9-27-10-6-21/h2-4,7-8,25H,5-6,9-12H2,1H3,(H2,22,26). The first-order valence-corrected chi connectivity index (χ1v) is 9.49. The normalized spacial score (nSPS) is 16.1. The van der Waals surface area contributed by atoms with Gasteiger partial charge in [-0.05, 0) is 38.0 Å². The monoisotopic (exact) mass is 397 g/mol. The van der Waals surface area contributed by atoms with Crippen LogP contribution in [-0.2, 0) is 16.8 Å². The topological polar surface area (TPSA) is 121 Å². The lowest BCUT2D eigenvalue weighted by molar-refractivity contribution is 0.0246. The maximum atomic E-state index is 12.2. The summed E-state index contributed by atoms with van der Waals surface area (Å²) in [5.74, 6) is 0.940. The van der Waals surface area contributed by atoms with E-state index in [4.69, 9.17) is 19.6 Å². The lowest BCUT2D eigenvalue weighted by Crippen LogP contribution is -2.38. The molecular weight excluding hydrogens is 374 g/mol. The molecule has 1 amide bonds. The Hall–Kier alpha value is -2.97. The molecule has 0 unspecified atom stereocenters. The van der Waals surface area contributed by atoms with Gasteiger partial charge in [-0.15, -0.1) is 0 Å². The van der Waals surface area contributed by atoms with E-state index in [1.807, 2.05) is 0 Å². The second kappa shape index (κ2) is 7.81. The summed E-state index contributed by atoms with van der Waals surface area (Å²) < 4.78 is 17.4. The molecule has 3 heterocycles. The Morgan fingerprint density at radius 2 is 2.00 bits per heavy atom. The molecule has 1 aliphatic rings. The van der Waals surface area contributed by atoms with Crippen molar-refractivity contribution in [2.24, 2.45) is 5.73 Å². The van der Waals surface area contributed by atoms with Crippen LogP contribution < -0.4 is 10.5 Å². The molecule has 1 saturated heterocycles. The molecule has 0 saturated carbocycles. The van der Waals surface area contributed by atoms with Gasteiger partial charge < -0.3 is 24.7 Å². The Morgan fingerprint density at radius 3 is 2.66 bits per heavy atom. The van der Waals surface area contributed by atoms with Gasteiger partial charge in [-0.2, -0.15) is 0 Å². The van der Waals surface area contributed by atoms with Crippen molar-refractivity contribution in [3.63, 3.8) is 0 Å². The van der Waals surface area contributed by atoms with Gasteiger partial charge in [0.05, 0.1) is 12.2 Å². The van der Waals surface area contributed by atoms with Crippen molar-refractivity contribution in [1.82, 2.24) is 9.97 Å². The number of nitrogens with two attached hydrogens (primary N) is 1. The first kappa shape index (κ1) is 19.4. The molecule has 3 N–H and O–H groups in total. The number of ether oxygens (including phenoxy) is 2. The molecule has 152 valence electrons. The quantitative estimate of drug-likeness (QED) is 0.654. The number of benzene rings is 1. The summed E-state index contributed by atoms with van der Waals surface area (Å²) in [7, 11) is 0. The fourth-order valence-corrected chi connectivity index (χ4v) is 4.03. The van der Waals surface area contributed by atoms with E-state index in [2.05, 4.69) is 9.97 Å².